The van der Waals surface area contributed by atoms with Crippen molar-refractivity contribution >= 4 is 28.5 Å². The molecule has 154 valence electrons. The zero-order valence-corrected chi connectivity index (χ0v) is 17.2. The zero-order valence-electron chi connectivity index (χ0n) is 16.4. The third kappa shape index (κ3) is 3.54. The van der Waals surface area contributed by atoms with Crippen LogP contribution in [0.25, 0.3) is 22.4 Å². The van der Waals surface area contributed by atoms with Gasteiger partial charge >= 0.3 is 0 Å². The first-order valence-electron chi connectivity index (χ1n) is 9.50. The minimum atomic E-state index is -0.912. The van der Waals surface area contributed by atoms with E-state index in [0.717, 1.165) is 0 Å². The van der Waals surface area contributed by atoms with Crippen molar-refractivity contribution in [3.8, 4) is 11.4 Å². The molecule has 2 atom stereocenters. The number of nitrogens with zero attached hydrogens (tertiary/aromatic N) is 5. The Morgan fingerprint density at radius 2 is 2.21 bits per heavy atom. The van der Waals surface area contributed by atoms with Crippen molar-refractivity contribution in [2.75, 3.05) is 24.5 Å². The number of hydrogen-bond donors (Lipinski definition) is 3. The van der Waals surface area contributed by atoms with Crippen LogP contribution in [0.4, 0.5) is 10.2 Å². The highest BCUT2D eigenvalue weighted by Gasteiger charge is 2.38. The number of aromatic amines is 1. The maximum atomic E-state index is 14.8. The lowest BCUT2D eigenvalue weighted by Gasteiger charge is -2.43. The smallest absolute Gasteiger partial charge is 0.184 e. The fourth-order valence-corrected chi connectivity index (χ4v) is 3.79. The summed E-state index contributed by atoms with van der Waals surface area (Å²) in [4.78, 5) is 14.6. The van der Waals surface area contributed by atoms with Gasteiger partial charge in [0.1, 0.15) is 17.8 Å². The molecule has 8 nitrogen and oxygen atoms in total. The second kappa shape index (κ2) is 7.47. The van der Waals surface area contributed by atoms with Gasteiger partial charge in [-0.3, -0.25) is 5.10 Å². The molecule has 0 aliphatic carbocycles. The SMILES string of the molecule is CC(C)[C@@](C)(O)[C@@H]1CN(c2nc(-c3[nH]nc4ncncc34)c(F)cc2Cl)CCN1. The van der Waals surface area contributed by atoms with Crippen molar-refractivity contribution < 1.29 is 9.50 Å². The normalized spacial score (nSPS) is 19.7. The maximum absolute atomic E-state index is 14.8. The quantitative estimate of drug-likeness (QED) is 0.596. The summed E-state index contributed by atoms with van der Waals surface area (Å²) in [6, 6.07) is 1.08. The Labute approximate surface area is 172 Å². The molecule has 1 saturated heterocycles. The van der Waals surface area contributed by atoms with Crippen molar-refractivity contribution in [1.29, 1.82) is 0 Å². The van der Waals surface area contributed by atoms with Crippen LogP contribution in [0.3, 0.4) is 0 Å². The highest BCUT2D eigenvalue weighted by atomic mass is 35.5. The average Bonchev–Trinajstić information content (AvgIpc) is 3.12. The Bertz CT molecular complexity index is 1040. The minimum Gasteiger partial charge on any atom is -0.388 e. The first kappa shape index (κ1) is 19.9. The molecule has 0 unspecified atom stereocenters. The Morgan fingerprint density at radius 1 is 1.41 bits per heavy atom. The summed E-state index contributed by atoms with van der Waals surface area (Å²) >= 11 is 6.36. The molecule has 1 aliphatic rings. The van der Waals surface area contributed by atoms with Gasteiger partial charge in [0, 0.05) is 25.8 Å². The van der Waals surface area contributed by atoms with E-state index in [-0.39, 0.29) is 22.7 Å². The number of rotatable bonds is 4. The third-order valence-corrected chi connectivity index (χ3v) is 6.01. The highest BCUT2D eigenvalue weighted by molar-refractivity contribution is 6.33. The first-order valence-corrected chi connectivity index (χ1v) is 9.88. The van der Waals surface area contributed by atoms with Crippen molar-refractivity contribution in [1.82, 2.24) is 30.5 Å². The summed E-state index contributed by atoms with van der Waals surface area (Å²) in [5.74, 6) is -0.0359. The number of hydrogen-bond acceptors (Lipinski definition) is 7. The number of aliphatic hydroxyl groups is 1. The monoisotopic (exact) mass is 419 g/mol. The van der Waals surface area contributed by atoms with E-state index < -0.39 is 11.4 Å². The third-order valence-electron chi connectivity index (χ3n) is 5.73. The average molecular weight is 420 g/mol. The van der Waals surface area contributed by atoms with E-state index >= 15 is 0 Å². The standard InChI is InChI=1S/C19H23ClFN7O/c1-10(2)19(3,29)14-8-28(5-4-23-14)18-12(20)6-13(21)16(25-18)15-11-7-22-9-24-17(11)27-26-15/h6-7,9-10,14,23,29H,4-5,8H2,1-3H3,(H,22,24,26,27)/t14-,19+/m0/s1. The number of pyridine rings is 1. The topological polar surface area (TPSA) is 103 Å². The van der Waals surface area contributed by atoms with Crippen LogP contribution in [-0.4, -0.2) is 61.5 Å². The number of nitrogens with one attached hydrogen (secondary N) is 2. The van der Waals surface area contributed by atoms with Crippen LogP contribution in [0.1, 0.15) is 20.8 Å². The number of anilines is 1. The Kier molecular flexibility index (Phi) is 5.14. The summed E-state index contributed by atoms with van der Waals surface area (Å²) < 4.78 is 14.8. The van der Waals surface area contributed by atoms with Gasteiger partial charge in [-0.25, -0.2) is 19.3 Å². The van der Waals surface area contributed by atoms with Crippen LogP contribution >= 0.6 is 11.6 Å². The van der Waals surface area contributed by atoms with E-state index in [1.54, 1.807) is 6.20 Å². The lowest BCUT2D eigenvalue weighted by atomic mass is 9.84. The zero-order chi connectivity index (χ0) is 20.8. The molecule has 1 aliphatic heterocycles. The predicted octanol–water partition coefficient (Wildman–Crippen LogP) is 2.39. The summed E-state index contributed by atoms with van der Waals surface area (Å²) in [7, 11) is 0. The molecular weight excluding hydrogens is 397 g/mol. The Morgan fingerprint density at radius 3 is 2.97 bits per heavy atom. The fraction of sp³-hybridized carbons (Fsp3) is 0.474. The van der Waals surface area contributed by atoms with Crippen LogP contribution in [0.5, 0.6) is 0 Å². The molecule has 29 heavy (non-hydrogen) atoms. The molecule has 0 bridgehead atoms. The number of H-pyrrole nitrogens is 1. The summed E-state index contributed by atoms with van der Waals surface area (Å²) in [6.45, 7) is 7.56. The van der Waals surface area contributed by atoms with Gasteiger partial charge in [-0.1, -0.05) is 25.4 Å². The van der Waals surface area contributed by atoms with Gasteiger partial charge in [0.15, 0.2) is 11.5 Å². The van der Waals surface area contributed by atoms with Crippen molar-refractivity contribution in [2.24, 2.45) is 5.92 Å². The molecule has 3 N–H and O–H groups in total. The molecule has 4 heterocycles. The van der Waals surface area contributed by atoms with Gasteiger partial charge < -0.3 is 15.3 Å². The predicted molar refractivity (Wildman–Crippen MR) is 109 cm³/mol. The van der Waals surface area contributed by atoms with Crippen LogP contribution in [0.15, 0.2) is 18.6 Å². The Hall–Kier alpha value is -2.36. The van der Waals surface area contributed by atoms with Crippen molar-refractivity contribution in [3.05, 3.63) is 29.4 Å². The van der Waals surface area contributed by atoms with E-state index in [2.05, 4.69) is 30.5 Å². The minimum absolute atomic E-state index is 0.0588. The van der Waals surface area contributed by atoms with Crippen LogP contribution in [0, 0.1) is 11.7 Å². The van der Waals surface area contributed by atoms with Crippen LogP contribution in [0.2, 0.25) is 5.02 Å². The number of halogens is 2. The molecule has 0 radical (unpaired) electrons. The largest absolute Gasteiger partial charge is 0.388 e. The molecule has 0 amide bonds. The molecule has 0 saturated carbocycles. The number of fused-ring (bicyclic) bond motifs is 1. The second-order valence-electron chi connectivity index (χ2n) is 7.82. The molecule has 4 rings (SSSR count). The molecule has 1 fully saturated rings. The second-order valence-corrected chi connectivity index (χ2v) is 8.22. The van der Waals surface area contributed by atoms with Crippen molar-refractivity contribution in [3.63, 3.8) is 0 Å². The van der Waals surface area contributed by atoms with Gasteiger partial charge in [-0.2, -0.15) is 5.10 Å². The number of aromatic nitrogens is 5. The molecule has 3 aromatic rings. The first-order chi connectivity index (χ1) is 13.8. The molecule has 0 spiro atoms. The molecule has 0 aromatic carbocycles. The van der Waals surface area contributed by atoms with Crippen LogP contribution in [-0.2, 0) is 0 Å². The highest BCUT2D eigenvalue weighted by Crippen LogP contribution is 2.33. The summed E-state index contributed by atoms with van der Waals surface area (Å²) in [6.07, 6.45) is 2.95. The maximum Gasteiger partial charge on any atom is 0.184 e. The van der Waals surface area contributed by atoms with E-state index in [0.29, 0.717) is 42.2 Å². The summed E-state index contributed by atoms with van der Waals surface area (Å²) in [5, 5.41) is 21.9. The summed E-state index contributed by atoms with van der Waals surface area (Å²) in [5.41, 5.74) is 0.0254. The molecule has 3 aromatic heterocycles. The lowest BCUT2D eigenvalue weighted by Crippen LogP contribution is -2.62. The van der Waals surface area contributed by atoms with Crippen LogP contribution < -0.4 is 10.2 Å². The van der Waals surface area contributed by atoms with E-state index in [9.17, 15) is 9.50 Å². The van der Waals surface area contributed by atoms with E-state index in [4.69, 9.17) is 11.6 Å². The fourth-order valence-electron chi connectivity index (χ4n) is 3.53. The van der Waals surface area contributed by atoms with Gasteiger partial charge in [0.05, 0.1) is 27.7 Å². The molecular formula is C19H23ClFN7O. The van der Waals surface area contributed by atoms with Gasteiger partial charge in [-0.05, 0) is 18.9 Å². The number of piperazine rings is 1. The van der Waals surface area contributed by atoms with Gasteiger partial charge in [0.25, 0.3) is 0 Å². The molecule has 10 heteroatoms. The van der Waals surface area contributed by atoms with E-state index in [1.807, 2.05) is 25.7 Å². The van der Waals surface area contributed by atoms with Crippen molar-refractivity contribution in [2.45, 2.75) is 32.4 Å². The van der Waals surface area contributed by atoms with E-state index in [1.165, 1.54) is 12.4 Å². The Balaban J connectivity index is 1.73. The van der Waals surface area contributed by atoms with Gasteiger partial charge in [0.2, 0.25) is 0 Å². The van der Waals surface area contributed by atoms with Gasteiger partial charge in [-0.15, -0.1) is 0 Å². The lowest BCUT2D eigenvalue weighted by molar-refractivity contribution is -0.0231.